The molecule has 220 valence electrons. The van der Waals surface area contributed by atoms with Gasteiger partial charge < -0.3 is 15.0 Å². The molecule has 0 aromatic heterocycles. The van der Waals surface area contributed by atoms with Crippen molar-refractivity contribution >= 4 is 21.8 Å². The maximum absolute atomic E-state index is 13.8. The van der Waals surface area contributed by atoms with E-state index in [1.54, 1.807) is 36.1 Å². The highest BCUT2D eigenvalue weighted by atomic mass is 32.2. The first-order valence-corrected chi connectivity index (χ1v) is 15.6. The van der Waals surface area contributed by atoms with Crippen LogP contribution in [0.4, 0.5) is 0 Å². The molecule has 3 rings (SSSR count). The SMILES string of the molecule is CCNS(=O)(=O)c1ccc(CCC(=O)N(Cc2ccccc2)[C@@H](Cc2ccccc2)C(=O)NCCCOCC)cc1. The van der Waals surface area contributed by atoms with Gasteiger partial charge in [0.2, 0.25) is 21.8 Å². The number of hydrogen-bond donors (Lipinski definition) is 2. The Bertz CT molecular complexity index is 1320. The van der Waals surface area contributed by atoms with Crippen LogP contribution in [0.1, 0.15) is 43.4 Å². The standard InChI is InChI=1S/C32H41N3O5S/c1-3-34-41(38,39)29-19-16-26(17-20-29)18-21-31(36)35(25-28-14-9-6-10-15-28)30(24-27-12-7-5-8-13-27)32(37)33-22-11-23-40-4-2/h5-10,12-17,19-20,30,34H,3-4,11,18,21-25H2,1-2H3,(H,33,37)/t30-/m0/s1. The zero-order valence-corrected chi connectivity index (χ0v) is 24.7. The van der Waals surface area contributed by atoms with Gasteiger partial charge in [-0.25, -0.2) is 13.1 Å². The van der Waals surface area contributed by atoms with Gasteiger partial charge in [0.15, 0.2) is 0 Å². The normalized spacial score (nSPS) is 12.0. The number of carbonyl (C=O) groups excluding carboxylic acids is 2. The average Bonchev–Trinajstić information content (AvgIpc) is 2.98. The van der Waals surface area contributed by atoms with Gasteiger partial charge >= 0.3 is 0 Å². The molecule has 0 saturated carbocycles. The first kappa shape index (κ1) is 32.0. The molecule has 0 saturated heterocycles. The summed E-state index contributed by atoms with van der Waals surface area (Å²) < 4.78 is 32.4. The Morgan fingerprint density at radius 2 is 1.49 bits per heavy atom. The molecule has 2 N–H and O–H groups in total. The predicted octanol–water partition coefficient (Wildman–Crippen LogP) is 4.10. The van der Waals surface area contributed by atoms with Crippen LogP contribution >= 0.6 is 0 Å². The third-order valence-electron chi connectivity index (χ3n) is 6.63. The molecular formula is C32H41N3O5S. The zero-order chi connectivity index (χ0) is 29.5. The van der Waals surface area contributed by atoms with Crippen molar-refractivity contribution in [2.24, 2.45) is 0 Å². The molecule has 41 heavy (non-hydrogen) atoms. The molecule has 3 aromatic carbocycles. The Balaban J connectivity index is 1.81. The summed E-state index contributed by atoms with van der Waals surface area (Å²) in [7, 11) is -3.55. The van der Waals surface area contributed by atoms with Gasteiger partial charge in [0.25, 0.3) is 0 Å². The minimum Gasteiger partial charge on any atom is -0.382 e. The lowest BCUT2D eigenvalue weighted by atomic mass is 10.0. The summed E-state index contributed by atoms with van der Waals surface area (Å²) in [6.45, 7) is 5.90. The number of rotatable bonds is 17. The maximum atomic E-state index is 13.8. The zero-order valence-electron chi connectivity index (χ0n) is 23.9. The number of sulfonamides is 1. The lowest BCUT2D eigenvalue weighted by Crippen LogP contribution is -2.50. The van der Waals surface area contributed by atoms with Crippen LogP contribution in [-0.4, -0.2) is 57.5 Å². The Morgan fingerprint density at radius 1 is 0.854 bits per heavy atom. The minimum absolute atomic E-state index is 0.149. The minimum atomic E-state index is -3.55. The number of aryl methyl sites for hydroxylation is 1. The van der Waals surface area contributed by atoms with E-state index in [-0.39, 0.29) is 23.1 Å². The summed E-state index contributed by atoms with van der Waals surface area (Å²) in [6.07, 6.45) is 1.66. The van der Waals surface area contributed by atoms with Crippen molar-refractivity contribution in [3.63, 3.8) is 0 Å². The number of benzene rings is 3. The van der Waals surface area contributed by atoms with Crippen LogP contribution in [0, 0.1) is 0 Å². The molecule has 3 aromatic rings. The van der Waals surface area contributed by atoms with E-state index in [4.69, 9.17) is 4.74 Å². The summed E-state index contributed by atoms with van der Waals surface area (Å²) in [5.41, 5.74) is 2.74. The molecule has 0 bridgehead atoms. The van der Waals surface area contributed by atoms with Gasteiger partial charge in [-0.2, -0.15) is 0 Å². The van der Waals surface area contributed by atoms with Crippen LogP contribution in [-0.2, 0) is 43.7 Å². The van der Waals surface area contributed by atoms with Crippen molar-refractivity contribution in [3.8, 4) is 0 Å². The molecule has 0 fully saturated rings. The molecule has 0 heterocycles. The van der Waals surface area contributed by atoms with E-state index in [0.29, 0.717) is 52.1 Å². The average molecular weight is 580 g/mol. The predicted molar refractivity (Wildman–Crippen MR) is 161 cm³/mol. The fraction of sp³-hybridized carbons (Fsp3) is 0.375. The fourth-order valence-electron chi connectivity index (χ4n) is 4.49. The molecular weight excluding hydrogens is 538 g/mol. The second kappa shape index (κ2) is 16.7. The van der Waals surface area contributed by atoms with Crippen LogP contribution < -0.4 is 10.0 Å². The van der Waals surface area contributed by atoms with Crippen molar-refractivity contribution in [1.82, 2.24) is 14.9 Å². The molecule has 0 radical (unpaired) electrons. The highest BCUT2D eigenvalue weighted by Crippen LogP contribution is 2.18. The van der Waals surface area contributed by atoms with Crippen molar-refractivity contribution in [3.05, 3.63) is 102 Å². The van der Waals surface area contributed by atoms with Gasteiger partial charge in [0.1, 0.15) is 6.04 Å². The topological polar surface area (TPSA) is 105 Å². The maximum Gasteiger partial charge on any atom is 0.243 e. The number of nitrogens with zero attached hydrogens (tertiary/aromatic N) is 1. The number of carbonyl (C=O) groups is 2. The molecule has 0 aliphatic carbocycles. The highest BCUT2D eigenvalue weighted by molar-refractivity contribution is 7.89. The Labute approximate surface area is 244 Å². The molecule has 9 heteroatoms. The number of ether oxygens (including phenoxy) is 1. The lowest BCUT2D eigenvalue weighted by Gasteiger charge is -2.31. The largest absolute Gasteiger partial charge is 0.382 e. The molecule has 0 unspecified atom stereocenters. The van der Waals surface area contributed by atoms with E-state index >= 15 is 0 Å². The first-order valence-electron chi connectivity index (χ1n) is 14.2. The van der Waals surface area contributed by atoms with E-state index in [1.165, 1.54) is 0 Å². The number of amides is 2. The number of hydrogen-bond acceptors (Lipinski definition) is 5. The Kier molecular flexibility index (Phi) is 13.0. The third-order valence-corrected chi connectivity index (χ3v) is 8.19. The smallest absolute Gasteiger partial charge is 0.243 e. The van der Waals surface area contributed by atoms with Crippen LogP contribution in [0.5, 0.6) is 0 Å². The monoisotopic (exact) mass is 579 g/mol. The van der Waals surface area contributed by atoms with Crippen LogP contribution in [0.2, 0.25) is 0 Å². The van der Waals surface area contributed by atoms with E-state index in [2.05, 4.69) is 10.0 Å². The fourth-order valence-corrected chi connectivity index (χ4v) is 5.53. The van der Waals surface area contributed by atoms with Crippen molar-refractivity contribution in [2.45, 2.75) is 57.0 Å². The highest BCUT2D eigenvalue weighted by Gasteiger charge is 2.30. The van der Waals surface area contributed by atoms with Crippen LogP contribution in [0.3, 0.4) is 0 Å². The summed E-state index contributed by atoms with van der Waals surface area (Å²) in [4.78, 5) is 29.2. The lowest BCUT2D eigenvalue weighted by molar-refractivity contribution is -0.141. The van der Waals surface area contributed by atoms with Crippen LogP contribution in [0.25, 0.3) is 0 Å². The molecule has 1 atom stereocenters. The van der Waals surface area contributed by atoms with Crippen molar-refractivity contribution < 1.29 is 22.7 Å². The van der Waals surface area contributed by atoms with E-state index in [9.17, 15) is 18.0 Å². The summed E-state index contributed by atoms with van der Waals surface area (Å²) in [5, 5.41) is 3.01. The van der Waals surface area contributed by atoms with E-state index in [0.717, 1.165) is 16.7 Å². The second-order valence-corrected chi connectivity index (χ2v) is 11.5. The summed E-state index contributed by atoms with van der Waals surface area (Å²) in [6, 6.07) is 25.2. The van der Waals surface area contributed by atoms with Gasteiger partial charge in [0, 0.05) is 45.7 Å². The Morgan fingerprint density at radius 3 is 2.10 bits per heavy atom. The van der Waals surface area contributed by atoms with Gasteiger partial charge in [-0.15, -0.1) is 0 Å². The van der Waals surface area contributed by atoms with Gasteiger partial charge in [-0.3, -0.25) is 9.59 Å². The second-order valence-electron chi connectivity index (χ2n) is 9.70. The van der Waals surface area contributed by atoms with Gasteiger partial charge in [0.05, 0.1) is 4.90 Å². The van der Waals surface area contributed by atoms with E-state index in [1.807, 2.05) is 67.6 Å². The molecule has 2 amide bonds. The van der Waals surface area contributed by atoms with Crippen molar-refractivity contribution in [1.29, 1.82) is 0 Å². The first-order chi connectivity index (χ1) is 19.8. The summed E-state index contributed by atoms with van der Waals surface area (Å²) in [5.74, 6) is -0.351. The molecule has 0 aliphatic heterocycles. The summed E-state index contributed by atoms with van der Waals surface area (Å²) >= 11 is 0. The third kappa shape index (κ3) is 10.4. The molecule has 8 nitrogen and oxygen atoms in total. The van der Waals surface area contributed by atoms with Gasteiger partial charge in [-0.05, 0) is 48.6 Å². The Hall–Kier alpha value is -3.53. The van der Waals surface area contributed by atoms with Crippen molar-refractivity contribution in [2.75, 3.05) is 26.3 Å². The quantitative estimate of drug-likeness (QED) is 0.234. The number of nitrogens with one attached hydrogen (secondary N) is 2. The van der Waals surface area contributed by atoms with Crippen LogP contribution in [0.15, 0.2) is 89.8 Å². The van der Waals surface area contributed by atoms with Gasteiger partial charge in [-0.1, -0.05) is 79.7 Å². The molecule has 0 spiro atoms. The van der Waals surface area contributed by atoms with E-state index < -0.39 is 16.1 Å². The molecule has 0 aliphatic rings.